The van der Waals surface area contributed by atoms with Crippen molar-refractivity contribution in [3.63, 3.8) is 0 Å². The summed E-state index contributed by atoms with van der Waals surface area (Å²) in [5.74, 6) is -0.317. The molecule has 2 N–H and O–H groups in total. The Hall–Kier alpha value is -1.16. The van der Waals surface area contributed by atoms with Crippen LogP contribution in [0.25, 0.3) is 0 Å². The first kappa shape index (κ1) is 17.9. The van der Waals surface area contributed by atoms with E-state index in [-0.39, 0.29) is 24.0 Å². The summed E-state index contributed by atoms with van der Waals surface area (Å²) in [6.07, 6.45) is 1.62. The number of nitriles is 1. The summed E-state index contributed by atoms with van der Waals surface area (Å²) in [5.41, 5.74) is 5.33. The van der Waals surface area contributed by atoms with Crippen molar-refractivity contribution in [3.8, 4) is 6.07 Å². The molecule has 1 aliphatic rings. The van der Waals surface area contributed by atoms with Crippen LogP contribution in [0, 0.1) is 16.7 Å². The number of amides is 1. The van der Waals surface area contributed by atoms with Crippen molar-refractivity contribution in [1.29, 1.82) is 5.26 Å². The van der Waals surface area contributed by atoms with Crippen molar-refractivity contribution < 1.29 is 9.53 Å². The van der Waals surface area contributed by atoms with E-state index in [0.717, 1.165) is 26.1 Å². The Bertz CT molecular complexity index is 378. The van der Waals surface area contributed by atoms with E-state index in [1.165, 1.54) is 0 Å². The number of rotatable bonds is 8. The molecule has 6 heteroatoms. The molecular weight excluding hydrogens is 268 g/mol. The maximum Gasteiger partial charge on any atom is 0.231 e. The Morgan fingerprint density at radius 1 is 1.57 bits per heavy atom. The van der Waals surface area contributed by atoms with E-state index in [1.54, 1.807) is 0 Å². The second-order valence-electron chi connectivity index (χ2n) is 6.71. The molecule has 1 heterocycles. The van der Waals surface area contributed by atoms with Gasteiger partial charge in [-0.2, -0.15) is 5.26 Å². The van der Waals surface area contributed by atoms with Crippen molar-refractivity contribution >= 4 is 5.91 Å². The van der Waals surface area contributed by atoms with Crippen molar-refractivity contribution in [2.45, 2.75) is 32.8 Å². The third-order valence-corrected chi connectivity index (χ3v) is 3.73. The van der Waals surface area contributed by atoms with E-state index in [0.29, 0.717) is 19.6 Å². The van der Waals surface area contributed by atoms with Gasteiger partial charge in [0.15, 0.2) is 0 Å². The van der Waals surface area contributed by atoms with Crippen LogP contribution in [0.4, 0.5) is 0 Å². The van der Waals surface area contributed by atoms with E-state index in [2.05, 4.69) is 24.8 Å². The number of nitrogens with two attached hydrogens (primary N) is 1. The van der Waals surface area contributed by atoms with Crippen LogP contribution in [0.1, 0.15) is 26.7 Å². The molecule has 0 unspecified atom stereocenters. The predicted octanol–water partition coefficient (Wildman–Crippen LogP) is 0.434. The zero-order chi connectivity index (χ0) is 15.9. The fourth-order valence-electron chi connectivity index (χ4n) is 2.79. The number of carbonyl (C=O) groups is 1. The molecule has 1 rings (SSSR count). The Labute approximate surface area is 127 Å². The normalized spacial score (nSPS) is 20.4. The first-order valence-corrected chi connectivity index (χ1v) is 7.50. The average molecular weight is 296 g/mol. The van der Waals surface area contributed by atoms with E-state index in [9.17, 15) is 4.79 Å². The minimum absolute atomic E-state index is 0.106. The van der Waals surface area contributed by atoms with Gasteiger partial charge in [0.05, 0.1) is 25.3 Å². The summed E-state index contributed by atoms with van der Waals surface area (Å²) in [6, 6.07) is 2.22. The molecule has 0 saturated carbocycles. The van der Waals surface area contributed by atoms with Gasteiger partial charge in [-0.3, -0.25) is 14.6 Å². The Morgan fingerprint density at radius 3 is 2.90 bits per heavy atom. The minimum Gasteiger partial charge on any atom is -0.374 e. The standard InChI is InChI=1S/C15H28N4O2/c1-15(2,5-4-6-16)12-19-7-8-21-13(10-19)9-18(3)11-14(17)20/h13H,4-5,7-12H2,1-3H3,(H2,17,20)/t13-/m0/s1. The maximum absolute atomic E-state index is 10.9. The fraction of sp³-hybridized carbons (Fsp3) is 0.867. The van der Waals surface area contributed by atoms with Gasteiger partial charge in [0.1, 0.15) is 0 Å². The largest absolute Gasteiger partial charge is 0.374 e. The zero-order valence-corrected chi connectivity index (χ0v) is 13.5. The van der Waals surface area contributed by atoms with Gasteiger partial charge in [-0.1, -0.05) is 13.8 Å². The van der Waals surface area contributed by atoms with E-state index in [4.69, 9.17) is 15.7 Å². The second kappa shape index (κ2) is 8.32. The number of primary amides is 1. The van der Waals surface area contributed by atoms with Gasteiger partial charge >= 0.3 is 0 Å². The summed E-state index contributed by atoms with van der Waals surface area (Å²) < 4.78 is 5.77. The number of ether oxygens (including phenoxy) is 1. The quantitative estimate of drug-likeness (QED) is 0.702. The highest BCUT2D eigenvalue weighted by molar-refractivity contribution is 5.75. The van der Waals surface area contributed by atoms with Gasteiger partial charge in [0.25, 0.3) is 0 Å². The van der Waals surface area contributed by atoms with Gasteiger partial charge in [0, 0.05) is 32.6 Å². The first-order valence-electron chi connectivity index (χ1n) is 7.50. The molecule has 120 valence electrons. The van der Waals surface area contributed by atoms with Crippen molar-refractivity contribution in [1.82, 2.24) is 9.80 Å². The van der Waals surface area contributed by atoms with Gasteiger partial charge in [-0.05, 0) is 18.9 Å². The van der Waals surface area contributed by atoms with E-state index < -0.39 is 0 Å². The average Bonchev–Trinajstić information content (AvgIpc) is 2.35. The molecule has 1 aliphatic heterocycles. The van der Waals surface area contributed by atoms with Crippen LogP contribution >= 0.6 is 0 Å². The van der Waals surface area contributed by atoms with Crippen LogP contribution in [0.15, 0.2) is 0 Å². The molecule has 0 radical (unpaired) electrons. The summed E-state index contributed by atoms with van der Waals surface area (Å²) in [7, 11) is 1.88. The molecule has 6 nitrogen and oxygen atoms in total. The van der Waals surface area contributed by atoms with Crippen LogP contribution < -0.4 is 5.73 Å². The molecule has 0 aromatic rings. The van der Waals surface area contributed by atoms with Crippen LogP contribution in [0.3, 0.4) is 0 Å². The summed E-state index contributed by atoms with van der Waals surface area (Å²) in [6.45, 7) is 8.83. The number of carbonyl (C=O) groups excluding carboxylic acids is 1. The lowest BCUT2D eigenvalue weighted by Gasteiger charge is -2.38. The van der Waals surface area contributed by atoms with Crippen molar-refractivity contribution in [3.05, 3.63) is 0 Å². The molecule has 0 aromatic heterocycles. The third kappa shape index (κ3) is 7.42. The molecule has 0 aromatic carbocycles. The van der Waals surface area contributed by atoms with Crippen molar-refractivity contribution in [2.24, 2.45) is 11.1 Å². The van der Waals surface area contributed by atoms with E-state index in [1.807, 2.05) is 11.9 Å². The van der Waals surface area contributed by atoms with E-state index >= 15 is 0 Å². The van der Waals surface area contributed by atoms with Crippen molar-refractivity contribution in [2.75, 3.05) is 46.4 Å². The minimum atomic E-state index is -0.317. The molecule has 1 amide bonds. The predicted molar refractivity (Wildman–Crippen MR) is 81.5 cm³/mol. The number of nitrogens with zero attached hydrogens (tertiary/aromatic N) is 3. The second-order valence-corrected chi connectivity index (χ2v) is 6.71. The van der Waals surface area contributed by atoms with Crippen LogP contribution in [-0.4, -0.2) is 68.2 Å². The monoisotopic (exact) mass is 296 g/mol. The van der Waals surface area contributed by atoms with Gasteiger partial charge in [-0.15, -0.1) is 0 Å². The van der Waals surface area contributed by atoms with Crippen LogP contribution in [0.2, 0.25) is 0 Å². The lowest BCUT2D eigenvalue weighted by atomic mass is 9.87. The molecule has 1 atom stereocenters. The van der Waals surface area contributed by atoms with Gasteiger partial charge in [-0.25, -0.2) is 0 Å². The smallest absolute Gasteiger partial charge is 0.231 e. The summed E-state index contributed by atoms with van der Waals surface area (Å²) in [4.78, 5) is 15.2. The zero-order valence-electron chi connectivity index (χ0n) is 13.5. The topological polar surface area (TPSA) is 82.6 Å². The molecule has 1 saturated heterocycles. The van der Waals surface area contributed by atoms with Crippen LogP contribution in [-0.2, 0) is 9.53 Å². The third-order valence-electron chi connectivity index (χ3n) is 3.73. The number of likely N-dealkylation sites (N-methyl/N-ethyl adjacent to an activating group) is 1. The molecule has 1 fully saturated rings. The lowest BCUT2D eigenvalue weighted by molar-refractivity contribution is -0.119. The molecular formula is C15H28N4O2. The first-order chi connectivity index (χ1) is 9.82. The Morgan fingerprint density at radius 2 is 2.29 bits per heavy atom. The van der Waals surface area contributed by atoms with Gasteiger partial charge in [0.2, 0.25) is 5.91 Å². The fourth-order valence-corrected chi connectivity index (χ4v) is 2.79. The molecule has 0 bridgehead atoms. The molecule has 0 spiro atoms. The SMILES string of the molecule is CN(CC(N)=O)C[C@H]1CN(CC(C)(C)CCC#N)CCO1. The maximum atomic E-state index is 10.9. The highest BCUT2D eigenvalue weighted by Crippen LogP contribution is 2.24. The lowest BCUT2D eigenvalue weighted by Crippen LogP contribution is -2.50. The van der Waals surface area contributed by atoms with Crippen LogP contribution in [0.5, 0.6) is 0 Å². The van der Waals surface area contributed by atoms with Gasteiger partial charge < -0.3 is 10.5 Å². The number of hydrogen-bond donors (Lipinski definition) is 1. The summed E-state index contributed by atoms with van der Waals surface area (Å²) >= 11 is 0. The summed E-state index contributed by atoms with van der Waals surface area (Å²) in [5, 5.41) is 8.72. The Balaban J connectivity index is 2.41. The number of morpholine rings is 1. The molecule has 21 heavy (non-hydrogen) atoms. The highest BCUT2D eigenvalue weighted by atomic mass is 16.5. The number of hydrogen-bond acceptors (Lipinski definition) is 5. The highest BCUT2D eigenvalue weighted by Gasteiger charge is 2.27. The Kier molecular flexibility index (Phi) is 7.09. The molecule has 0 aliphatic carbocycles.